The van der Waals surface area contributed by atoms with Crippen LogP contribution in [0.5, 0.6) is 0 Å². The predicted molar refractivity (Wildman–Crippen MR) is 89.8 cm³/mol. The molecular formula is C16H18BrN3O. The molecule has 110 valence electrons. The third-order valence-electron chi connectivity index (χ3n) is 2.89. The number of halogens is 1. The van der Waals surface area contributed by atoms with E-state index in [0.717, 1.165) is 21.4 Å². The van der Waals surface area contributed by atoms with E-state index in [2.05, 4.69) is 31.5 Å². The number of anilines is 2. The highest BCUT2D eigenvalue weighted by Crippen LogP contribution is 2.21. The Morgan fingerprint density at radius 3 is 2.62 bits per heavy atom. The van der Waals surface area contributed by atoms with E-state index in [0.29, 0.717) is 5.56 Å². The second-order valence-corrected chi connectivity index (χ2v) is 6.03. The van der Waals surface area contributed by atoms with Gasteiger partial charge in [0.2, 0.25) is 0 Å². The maximum Gasteiger partial charge on any atom is 0.257 e. The molecule has 2 N–H and O–H groups in total. The van der Waals surface area contributed by atoms with Gasteiger partial charge in [0, 0.05) is 28.6 Å². The number of carbonyl (C=O) groups excluding carboxylic acids is 1. The van der Waals surface area contributed by atoms with Crippen LogP contribution < -0.4 is 10.6 Å². The molecule has 21 heavy (non-hydrogen) atoms. The van der Waals surface area contributed by atoms with Crippen LogP contribution in [-0.4, -0.2) is 16.9 Å². The Balaban J connectivity index is 2.14. The highest BCUT2D eigenvalue weighted by molar-refractivity contribution is 9.10. The molecule has 0 fully saturated rings. The lowest BCUT2D eigenvalue weighted by Crippen LogP contribution is -2.14. The Hall–Kier alpha value is -1.88. The molecule has 1 aromatic heterocycles. The topological polar surface area (TPSA) is 54.0 Å². The van der Waals surface area contributed by atoms with Crippen LogP contribution in [0.4, 0.5) is 11.4 Å². The lowest BCUT2D eigenvalue weighted by Gasteiger charge is -2.11. The van der Waals surface area contributed by atoms with Crippen molar-refractivity contribution in [1.82, 2.24) is 4.98 Å². The third kappa shape index (κ3) is 4.29. The summed E-state index contributed by atoms with van der Waals surface area (Å²) in [5.74, 6) is -0.175. The van der Waals surface area contributed by atoms with E-state index >= 15 is 0 Å². The van der Waals surface area contributed by atoms with Gasteiger partial charge in [-0.2, -0.15) is 0 Å². The molecule has 4 nitrogen and oxygen atoms in total. The smallest absolute Gasteiger partial charge is 0.257 e. The largest absolute Gasteiger partial charge is 0.382 e. The summed E-state index contributed by atoms with van der Waals surface area (Å²) in [7, 11) is 0. The fraction of sp³-hybridized carbons (Fsp3) is 0.250. The highest BCUT2D eigenvalue weighted by Gasteiger charge is 2.08. The molecule has 1 heterocycles. The maximum absolute atomic E-state index is 12.3. The first-order chi connectivity index (χ1) is 9.95. The number of rotatable bonds is 4. The van der Waals surface area contributed by atoms with Crippen molar-refractivity contribution in [1.29, 1.82) is 0 Å². The number of carbonyl (C=O) groups is 1. The lowest BCUT2D eigenvalue weighted by atomic mass is 10.2. The number of aryl methyl sites for hydroxylation is 1. The molecule has 0 unspecified atom stereocenters. The first-order valence-electron chi connectivity index (χ1n) is 6.75. The van der Waals surface area contributed by atoms with Crippen LogP contribution in [0.25, 0.3) is 0 Å². The van der Waals surface area contributed by atoms with Gasteiger partial charge < -0.3 is 10.6 Å². The Kier molecular flexibility index (Phi) is 4.96. The minimum Gasteiger partial charge on any atom is -0.382 e. The monoisotopic (exact) mass is 347 g/mol. The van der Waals surface area contributed by atoms with E-state index in [-0.39, 0.29) is 11.9 Å². The summed E-state index contributed by atoms with van der Waals surface area (Å²) in [6, 6.07) is 7.80. The summed E-state index contributed by atoms with van der Waals surface area (Å²) in [6.07, 6.45) is 3.27. The maximum atomic E-state index is 12.3. The zero-order valence-corrected chi connectivity index (χ0v) is 13.9. The number of benzene rings is 1. The standard InChI is InChI=1S/C16H18BrN3O/c1-10(2)19-14-6-12(8-18-9-14)16(21)20-13-5-4-11(3)15(17)7-13/h4-10,19H,1-3H3,(H,20,21). The van der Waals surface area contributed by atoms with Crippen molar-refractivity contribution in [3.05, 3.63) is 52.3 Å². The van der Waals surface area contributed by atoms with Crippen LogP contribution >= 0.6 is 15.9 Å². The van der Waals surface area contributed by atoms with E-state index in [1.807, 2.05) is 39.0 Å². The molecule has 1 amide bonds. The van der Waals surface area contributed by atoms with Crippen molar-refractivity contribution in [2.45, 2.75) is 26.8 Å². The molecule has 5 heteroatoms. The lowest BCUT2D eigenvalue weighted by molar-refractivity contribution is 0.102. The van der Waals surface area contributed by atoms with Crippen molar-refractivity contribution in [2.75, 3.05) is 10.6 Å². The molecular weight excluding hydrogens is 330 g/mol. The zero-order chi connectivity index (χ0) is 15.4. The SMILES string of the molecule is Cc1ccc(NC(=O)c2cncc(NC(C)C)c2)cc1Br. The fourth-order valence-corrected chi connectivity index (χ4v) is 2.23. The van der Waals surface area contributed by atoms with E-state index in [4.69, 9.17) is 0 Å². The normalized spacial score (nSPS) is 10.5. The van der Waals surface area contributed by atoms with Gasteiger partial charge in [0.15, 0.2) is 0 Å². The van der Waals surface area contributed by atoms with Crippen molar-refractivity contribution < 1.29 is 4.79 Å². The molecule has 0 radical (unpaired) electrons. The average Bonchev–Trinajstić information content (AvgIpc) is 2.42. The third-order valence-corrected chi connectivity index (χ3v) is 3.74. The number of hydrogen-bond donors (Lipinski definition) is 2. The van der Waals surface area contributed by atoms with E-state index in [1.54, 1.807) is 18.5 Å². The van der Waals surface area contributed by atoms with Crippen LogP contribution in [0.15, 0.2) is 41.1 Å². The minimum atomic E-state index is -0.175. The zero-order valence-electron chi connectivity index (χ0n) is 12.3. The first kappa shape index (κ1) is 15.5. The Morgan fingerprint density at radius 2 is 1.95 bits per heavy atom. The van der Waals surface area contributed by atoms with E-state index < -0.39 is 0 Å². The predicted octanol–water partition coefficient (Wildman–Crippen LogP) is 4.23. The molecule has 0 aliphatic carbocycles. The second-order valence-electron chi connectivity index (χ2n) is 5.18. The van der Waals surface area contributed by atoms with Gasteiger partial charge in [0.25, 0.3) is 5.91 Å². The Labute approximate surface area is 133 Å². The van der Waals surface area contributed by atoms with Crippen LogP contribution in [0.2, 0.25) is 0 Å². The molecule has 0 aliphatic heterocycles. The molecule has 0 saturated heterocycles. The Bertz CT molecular complexity index is 656. The fourth-order valence-electron chi connectivity index (χ4n) is 1.85. The summed E-state index contributed by atoms with van der Waals surface area (Å²) in [4.78, 5) is 16.4. The summed E-state index contributed by atoms with van der Waals surface area (Å²) in [6.45, 7) is 6.08. The second kappa shape index (κ2) is 6.72. The molecule has 0 spiro atoms. The number of amides is 1. The quantitative estimate of drug-likeness (QED) is 0.870. The van der Waals surface area contributed by atoms with Gasteiger partial charge in [0.1, 0.15) is 0 Å². The van der Waals surface area contributed by atoms with Crippen LogP contribution in [-0.2, 0) is 0 Å². The summed E-state index contributed by atoms with van der Waals surface area (Å²) >= 11 is 3.46. The number of aromatic nitrogens is 1. The minimum absolute atomic E-state index is 0.175. The first-order valence-corrected chi connectivity index (χ1v) is 7.54. The average molecular weight is 348 g/mol. The van der Waals surface area contributed by atoms with Crippen molar-refractivity contribution >= 4 is 33.2 Å². The number of nitrogens with zero attached hydrogens (tertiary/aromatic N) is 1. The van der Waals surface area contributed by atoms with E-state index in [1.165, 1.54) is 0 Å². The molecule has 0 bridgehead atoms. The highest BCUT2D eigenvalue weighted by atomic mass is 79.9. The molecule has 1 aromatic carbocycles. The molecule has 0 saturated carbocycles. The van der Waals surface area contributed by atoms with Crippen LogP contribution in [0.1, 0.15) is 29.8 Å². The van der Waals surface area contributed by atoms with Crippen molar-refractivity contribution in [2.24, 2.45) is 0 Å². The molecule has 2 rings (SSSR count). The van der Waals surface area contributed by atoms with Crippen LogP contribution in [0.3, 0.4) is 0 Å². The number of hydrogen-bond acceptors (Lipinski definition) is 3. The van der Waals surface area contributed by atoms with Gasteiger partial charge in [-0.1, -0.05) is 22.0 Å². The summed E-state index contributed by atoms with van der Waals surface area (Å²) < 4.78 is 0.966. The van der Waals surface area contributed by atoms with Crippen molar-refractivity contribution in [3.8, 4) is 0 Å². The van der Waals surface area contributed by atoms with Crippen LogP contribution in [0, 0.1) is 6.92 Å². The van der Waals surface area contributed by atoms with Gasteiger partial charge in [-0.25, -0.2) is 0 Å². The molecule has 2 aromatic rings. The van der Waals surface area contributed by atoms with Gasteiger partial charge in [-0.3, -0.25) is 9.78 Å². The van der Waals surface area contributed by atoms with Gasteiger partial charge >= 0.3 is 0 Å². The summed E-state index contributed by atoms with van der Waals surface area (Å²) in [5, 5.41) is 6.10. The van der Waals surface area contributed by atoms with Gasteiger partial charge in [-0.15, -0.1) is 0 Å². The van der Waals surface area contributed by atoms with Gasteiger partial charge in [0.05, 0.1) is 11.3 Å². The van der Waals surface area contributed by atoms with Gasteiger partial charge in [-0.05, 0) is 44.5 Å². The summed E-state index contributed by atoms with van der Waals surface area (Å²) in [5.41, 5.74) is 3.23. The Morgan fingerprint density at radius 1 is 1.19 bits per heavy atom. The number of pyridine rings is 1. The molecule has 0 aliphatic rings. The van der Waals surface area contributed by atoms with Crippen molar-refractivity contribution in [3.63, 3.8) is 0 Å². The molecule has 0 atom stereocenters. The number of nitrogens with one attached hydrogen (secondary N) is 2. The van der Waals surface area contributed by atoms with E-state index in [9.17, 15) is 4.79 Å².